The number of carboxylic acids is 1. The molecule has 0 spiro atoms. The summed E-state index contributed by atoms with van der Waals surface area (Å²) in [6, 6.07) is 16.4. The number of amides is 1. The van der Waals surface area contributed by atoms with Crippen molar-refractivity contribution in [1.29, 1.82) is 0 Å². The van der Waals surface area contributed by atoms with Crippen molar-refractivity contribution in [2.45, 2.75) is 13.2 Å². The Morgan fingerprint density at radius 1 is 0.900 bits per heavy atom. The molecule has 40 heavy (non-hydrogen) atoms. The van der Waals surface area contributed by atoms with Gasteiger partial charge in [-0.05, 0) is 53.6 Å². The van der Waals surface area contributed by atoms with Gasteiger partial charge in [-0.1, -0.05) is 36.1 Å². The number of rotatable bonds is 9. The smallest absolute Gasteiger partial charge is 0.323 e. The first-order chi connectivity index (χ1) is 19.4. The normalized spacial score (nSPS) is 16.1. The summed E-state index contributed by atoms with van der Waals surface area (Å²) < 4.78 is 34.0. The Kier molecular flexibility index (Phi) is 7.10. The number of fused-ring (bicyclic) bond motifs is 2. The molecule has 1 fully saturated rings. The number of aliphatic carboxylic acids is 1. The van der Waals surface area contributed by atoms with Crippen molar-refractivity contribution in [2.24, 2.45) is 0 Å². The minimum absolute atomic E-state index is 0.173. The van der Waals surface area contributed by atoms with Crippen LogP contribution in [-0.4, -0.2) is 46.3 Å². The fourth-order valence-electron chi connectivity index (χ4n) is 4.15. The van der Waals surface area contributed by atoms with E-state index in [1.807, 2.05) is 36.4 Å². The van der Waals surface area contributed by atoms with E-state index in [1.165, 1.54) is 0 Å². The lowest BCUT2D eigenvalue weighted by Crippen LogP contribution is -2.33. The number of thiocarbonyl (C=S) groups is 1. The summed E-state index contributed by atoms with van der Waals surface area (Å²) in [4.78, 5) is 25.4. The molecule has 0 saturated carbocycles. The van der Waals surface area contributed by atoms with Crippen molar-refractivity contribution < 1.29 is 43.1 Å². The number of thioether (sulfide) groups is 1. The number of hydrogen-bond donors (Lipinski definition) is 1. The third kappa shape index (κ3) is 5.49. The highest BCUT2D eigenvalue weighted by atomic mass is 32.2. The molecule has 0 atom stereocenters. The molecule has 0 bridgehead atoms. The van der Waals surface area contributed by atoms with E-state index in [0.717, 1.165) is 27.8 Å². The van der Waals surface area contributed by atoms with Crippen molar-refractivity contribution in [1.82, 2.24) is 4.90 Å². The van der Waals surface area contributed by atoms with E-state index in [1.54, 1.807) is 24.3 Å². The van der Waals surface area contributed by atoms with Crippen molar-refractivity contribution in [3.05, 3.63) is 76.2 Å². The lowest BCUT2D eigenvalue weighted by Gasteiger charge is -2.14. The van der Waals surface area contributed by atoms with Crippen LogP contribution in [-0.2, 0) is 22.8 Å². The minimum Gasteiger partial charge on any atom is -0.489 e. The highest BCUT2D eigenvalue weighted by molar-refractivity contribution is 8.26. The highest BCUT2D eigenvalue weighted by Crippen LogP contribution is 2.37. The molecule has 3 aliphatic heterocycles. The summed E-state index contributed by atoms with van der Waals surface area (Å²) >= 11 is 6.26. The quantitative estimate of drug-likeness (QED) is 0.284. The predicted molar refractivity (Wildman–Crippen MR) is 148 cm³/mol. The maximum absolute atomic E-state index is 12.8. The largest absolute Gasteiger partial charge is 0.489 e. The third-order valence-corrected chi connectivity index (χ3v) is 7.49. The Labute approximate surface area is 238 Å². The summed E-state index contributed by atoms with van der Waals surface area (Å²) in [5.41, 5.74) is 2.36. The summed E-state index contributed by atoms with van der Waals surface area (Å²) in [5, 5.41) is 9.13. The molecule has 1 saturated heterocycles. The molecule has 3 heterocycles. The molecule has 10 nitrogen and oxygen atoms in total. The monoisotopic (exact) mass is 579 g/mol. The van der Waals surface area contributed by atoms with Crippen molar-refractivity contribution in [2.75, 3.05) is 20.1 Å². The molecular weight excluding hydrogens is 558 g/mol. The standard InChI is InChI=1S/C28H21NO9S2/c30-26(31)11-29-27(32)25(40-28(29)39)9-18-3-4-19(33-12-16-1-5-20-23(7-16)37-14-35-20)10-22(18)34-13-17-2-6-21-24(8-17)38-15-36-21/h1-10H,11-15H2,(H,30,31). The van der Waals surface area contributed by atoms with E-state index in [-0.39, 0.29) is 31.1 Å². The second-order valence-electron chi connectivity index (χ2n) is 8.81. The fraction of sp³-hybridized carbons (Fsp3) is 0.179. The van der Waals surface area contributed by atoms with Gasteiger partial charge in [0.1, 0.15) is 35.6 Å². The third-order valence-electron chi connectivity index (χ3n) is 6.11. The van der Waals surface area contributed by atoms with E-state index >= 15 is 0 Å². The lowest BCUT2D eigenvalue weighted by atomic mass is 10.1. The Morgan fingerprint density at radius 3 is 2.17 bits per heavy atom. The molecule has 0 aliphatic carbocycles. The molecule has 0 unspecified atom stereocenters. The number of nitrogens with zero attached hydrogens (tertiary/aromatic N) is 1. The van der Waals surface area contributed by atoms with Crippen molar-refractivity contribution in [3.8, 4) is 34.5 Å². The number of ether oxygens (including phenoxy) is 6. The van der Waals surface area contributed by atoms with Gasteiger partial charge < -0.3 is 33.5 Å². The maximum Gasteiger partial charge on any atom is 0.323 e. The molecule has 1 amide bonds. The highest BCUT2D eigenvalue weighted by Gasteiger charge is 2.33. The van der Waals surface area contributed by atoms with Gasteiger partial charge in [0.15, 0.2) is 23.0 Å². The van der Waals surface area contributed by atoms with E-state index in [9.17, 15) is 9.59 Å². The van der Waals surface area contributed by atoms with Crippen LogP contribution < -0.4 is 28.4 Å². The van der Waals surface area contributed by atoms with Crippen molar-refractivity contribution in [3.63, 3.8) is 0 Å². The molecule has 6 rings (SSSR count). The Hall–Kier alpha value is -4.42. The summed E-state index contributed by atoms with van der Waals surface area (Å²) in [5.74, 6) is 2.08. The van der Waals surface area contributed by atoms with Gasteiger partial charge in [0.25, 0.3) is 5.91 Å². The molecule has 3 aromatic rings. The van der Waals surface area contributed by atoms with Gasteiger partial charge in [-0.15, -0.1) is 0 Å². The zero-order valence-corrected chi connectivity index (χ0v) is 22.4. The van der Waals surface area contributed by atoms with Gasteiger partial charge in [-0.2, -0.15) is 0 Å². The Morgan fingerprint density at radius 2 is 1.52 bits per heavy atom. The van der Waals surface area contributed by atoms with Gasteiger partial charge in [0, 0.05) is 11.6 Å². The molecule has 204 valence electrons. The number of hydrogen-bond acceptors (Lipinski definition) is 10. The Bertz CT molecular complexity index is 1550. The molecular formula is C28H21NO9S2. The molecule has 3 aliphatic rings. The average molecular weight is 580 g/mol. The number of benzene rings is 3. The van der Waals surface area contributed by atoms with Crippen LogP contribution in [0.2, 0.25) is 0 Å². The molecule has 12 heteroatoms. The molecule has 1 N–H and O–H groups in total. The lowest BCUT2D eigenvalue weighted by molar-refractivity contribution is -0.140. The number of carboxylic acid groups (broad SMARTS) is 1. The Balaban J connectivity index is 1.24. The second kappa shape index (κ2) is 11.0. The minimum atomic E-state index is -1.14. The van der Waals surface area contributed by atoms with Crippen LogP contribution in [0.15, 0.2) is 59.5 Å². The first-order valence-electron chi connectivity index (χ1n) is 12.1. The van der Waals surface area contributed by atoms with E-state index < -0.39 is 18.4 Å². The summed E-state index contributed by atoms with van der Waals surface area (Å²) in [6.07, 6.45) is 1.64. The van der Waals surface area contributed by atoms with Crippen LogP contribution in [0.1, 0.15) is 16.7 Å². The van der Waals surface area contributed by atoms with E-state index in [2.05, 4.69) is 0 Å². The zero-order valence-electron chi connectivity index (χ0n) is 20.8. The first-order valence-corrected chi connectivity index (χ1v) is 13.3. The molecule has 0 radical (unpaired) electrons. The first kappa shape index (κ1) is 25.8. The maximum atomic E-state index is 12.8. The van der Waals surface area contributed by atoms with Crippen molar-refractivity contribution >= 4 is 46.3 Å². The second-order valence-corrected chi connectivity index (χ2v) is 10.5. The van der Waals surface area contributed by atoms with Crippen LogP contribution in [0.4, 0.5) is 0 Å². The average Bonchev–Trinajstić information content (AvgIpc) is 3.67. The number of carbonyl (C=O) groups is 2. The van der Waals surface area contributed by atoms with Crippen LogP contribution in [0.3, 0.4) is 0 Å². The molecule has 0 aromatic heterocycles. The van der Waals surface area contributed by atoms with Crippen LogP contribution in [0.5, 0.6) is 34.5 Å². The van der Waals surface area contributed by atoms with Gasteiger partial charge >= 0.3 is 5.97 Å². The summed E-state index contributed by atoms with van der Waals surface area (Å²) in [6.45, 7) is 0.365. The predicted octanol–water partition coefficient (Wildman–Crippen LogP) is 4.59. The van der Waals surface area contributed by atoms with Gasteiger partial charge in [0.05, 0.1) is 4.91 Å². The van der Waals surface area contributed by atoms with Crippen LogP contribution in [0, 0.1) is 0 Å². The summed E-state index contributed by atoms with van der Waals surface area (Å²) in [7, 11) is 0. The van der Waals surface area contributed by atoms with Crippen LogP contribution in [0.25, 0.3) is 6.08 Å². The van der Waals surface area contributed by atoms with E-state index in [0.29, 0.717) is 45.0 Å². The fourth-order valence-corrected chi connectivity index (χ4v) is 5.40. The van der Waals surface area contributed by atoms with Gasteiger partial charge in [0.2, 0.25) is 13.6 Å². The molecule has 3 aromatic carbocycles. The van der Waals surface area contributed by atoms with Crippen LogP contribution >= 0.6 is 24.0 Å². The SMILES string of the molecule is O=C(O)CN1C(=O)C(=Cc2ccc(OCc3ccc4c(c3)OCO4)cc2OCc2ccc3c(c2)OCO3)SC1=S. The van der Waals surface area contributed by atoms with Gasteiger partial charge in [-0.3, -0.25) is 14.5 Å². The van der Waals surface area contributed by atoms with E-state index in [4.69, 9.17) is 45.7 Å². The topological polar surface area (TPSA) is 113 Å². The zero-order chi connectivity index (χ0) is 27.6. The van der Waals surface area contributed by atoms with Gasteiger partial charge in [-0.25, -0.2) is 0 Å². The number of carbonyl (C=O) groups excluding carboxylic acids is 1.